The second-order valence-corrected chi connectivity index (χ2v) is 3.72. The average molecular weight is 222 g/mol. The van der Waals surface area contributed by atoms with Crippen molar-refractivity contribution < 1.29 is 14.6 Å². The van der Waals surface area contributed by atoms with E-state index in [0.29, 0.717) is 5.75 Å². The highest BCUT2D eigenvalue weighted by molar-refractivity contribution is 5.62. The molecule has 0 bridgehead atoms. The molecule has 0 atom stereocenters. The average Bonchev–Trinajstić information content (AvgIpc) is 2.25. The first-order valence-corrected chi connectivity index (χ1v) is 5.70. The lowest BCUT2D eigenvalue weighted by Crippen LogP contribution is -2.06. The molecule has 1 N–H and O–H groups in total. The van der Waals surface area contributed by atoms with Crippen molar-refractivity contribution in [1.82, 2.24) is 0 Å². The fourth-order valence-corrected chi connectivity index (χ4v) is 1.80. The molecule has 0 fully saturated rings. The van der Waals surface area contributed by atoms with E-state index in [-0.39, 0.29) is 0 Å². The summed E-state index contributed by atoms with van der Waals surface area (Å²) in [6.45, 7) is 4.16. The van der Waals surface area contributed by atoms with E-state index in [2.05, 4.69) is 6.92 Å². The Kier molecular flexibility index (Phi) is 4.83. The maximum absolute atomic E-state index is 10.5. The van der Waals surface area contributed by atoms with E-state index >= 15 is 0 Å². The van der Waals surface area contributed by atoms with Crippen molar-refractivity contribution in [2.24, 2.45) is 0 Å². The Morgan fingerprint density at radius 2 is 2.12 bits per heavy atom. The van der Waals surface area contributed by atoms with Crippen molar-refractivity contribution in [2.45, 2.75) is 39.5 Å². The molecule has 1 rings (SSSR count). The number of ether oxygens (including phenoxy) is 1. The van der Waals surface area contributed by atoms with Crippen molar-refractivity contribution in [3.05, 3.63) is 29.3 Å². The van der Waals surface area contributed by atoms with E-state index in [0.717, 1.165) is 31.2 Å². The van der Waals surface area contributed by atoms with Crippen LogP contribution in [0.15, 0.2) is 18.2 Å². The molecule has 0 spiro atoms. The zero-order valence-corrected chi connectivity index (χ0v) is 9.82. The molecule has 0 aromatic heterocycles. The second kappa shape index (κ2) is 6.16. The lowest BCUT2D eigenvalue weighted by molar-refractivity contribution is 0.144. The third-order valence-corrected chi connectivity index (χ3v) is 2.58. The van der Waals surface area contributed by atoms with Crippen LogP contribution < -0.4 is 4.74 Å². The zero-order valence-electron chi connectivity index (χ0n) is 9.82. The molecule has 0 radical (unpaired) electrons. The van der Waals surface area contributed by atoms with Gasteiger partial charge in [-0.1, -0.05) is 32.4 Å². The molecule has 3 nitrogen and oxygen atoms in total. The van der Waals surface area contributed by atoms with E-state index in [9.17, 15) is 4.79 Å². The molecule has 3 heteroatoms. The number of rotatable bonds is 5. The summed E-state index contributed by atoms with van der Waals surface area (Å²) in [5, 5.41) is 8.63. The largest absolute Gasteiger partial charge is 0.511 e. The standard InChI is InChI=1S/C13H18O3/c1-3-5-7-10-8-6-9-12(11(10)4-2)16-13(14)15/h6,8-9H,3-5,7H2,1-2H3,(H,14,15). The first-order chi connectivity index (χ1) is 7.69. The van der Waals surface area contributed by atoms with Gasteiger partial charge in [0.1, 0.15) is 5.75 Å². The molecule has 1 aromatic rings. The van der Waals surface area contributed by atoms with Crippen LogP contribution in [0.3, 0.4) is 0 Å². The Morgan fingerprint density at radius 1 is 1.38 bits per heavy atom. The number of unbranched alkanes of at least 4 members (excludes halogenated alkanes) is 1. The predicted octanol–water partition coefficient (Wildman–Crippen LogP) is 3.65. The van der Waals surface area contributed by atoms with Gasteiger partial charge in [-0.05, 0) is 36.5 Å². The summed E-state index contributed by atoms with van der Waals surface area (Å²) in [6, 6.07) is 5.61. The molecule has 16 heavy (non-hydrogen) atoms. The minimum Gasteiger partial charge on any atom is -0.449 e. The molecular formula is C13H18O3. The molecular weight excluding hydrogens is 204 g/mol. The molecule has 0 saturated heterocycles. The van der Waals surface area contributed by atoms with Crippen LogP contribution in [0.5, 0.6) is 5.75 Å². The molecule has 0 unspecified atom stereocenters. The third kappa shape index (κ3) is 3.26. The molecule has 0 heterocycles. The Hall–Kier alpha value is -1.51. The summed E-state index contributed by atoms with van der Waals surface area (Å²) in [6.07, 6.45) is 2.78. The third-order valence-electron chi connectivity index (χ3n) is 2.58. The summed E-state index contributed by atoms with van der Waals surface area (Å²) in [7, 11) is 0. The summed E-state index contributed by atoms with van der Waals surface area (Å²) >= 11 is 0. The van der Waals surface area contributed by atoms with Crippen LogP contribution >= 0.6 is 0 Å². The molecule has 0 amide bonds. The Bertz CT molecular complexity index is 358. The minimum atomic E-state index is -1.25. The topological polar surface area (TPSA) is 46.5 Å². The van der Waals surface area contributed by atoms with Crippen LogP contribution in [-0.2, 0) is 12.8 Å². The van der Waals surface area contributed by atoms with Gasteiger partial charge < -0.3 is 9.84 Å². The van der Waals surface area contributed by atoms with Gasteiger partial charge in [-0.2, -0.15) is 0 Å². The SMILES string of the molecule is CCCCc1cccc(OC(=O)O)c1CC. The normalized spacial score (nSPS) is 10.1. The van der Waals surface area contributed by atoms with Crippen molar-refractivity contribution in [1.29, 1.82) is 0 Å². The number of aryl methyl sites for hydroxylation is 1. The van der Waals surface area contributed by atoms with E-state index < -0.39 is 6.16 Å². The van der Waals surface area contributed by atoms with E-state index in [4.69, 9.17) is 9.84 Å². The first-order valence-electron chi connectivity index (χ1n) is 5.70. The smallest absolute Gasteiger partial charge is 0.449 e. The maximum atomic E-state index is 10.5. The fraction of sp³-hybridized carbons (Fsp3) is 0.462. The van der Waals surface area contributed by atoms with Crippen LogP contribution in [0, 0.1) is 0 Å². The van der Waals surface area contributed by atoms with Gasteiger partial charge in [0.2, 0.25) is 0 Å². The van der Waals surface area contributed by atoms with E-state index in [1.807, 2.05) is 19.1 Å². The Labute approximate surface area is 96.1 Å². The molecule has 88 valence electrons. The van der Waals surface area contributed by atoms with Crippen molar-refractivity contribution >= 4 is 6.16 Å². The number of carboxylic acid groups (broad SMARTS) is 1. The summed E-state index contributed by atoms with van der Waals surface area (Å²) in [5.74, 6) is 0.476. The van der Waals surface area contributed by atoms with Crippen LogP contribution in [-0.4, -0.2) is 11.3 Å². The van der Waals surface area contributed by atoms with Gasteiger partial charge in [-0.3, -0.25) is 0 Å². The number of carbonyl (C=O) groups is 1. The van der Waals surface area contributed by atoms with Gasteiger partial charge in [0.15, 0.2) is 0 Å². The first kappa shape index (κ1) is 12.6. The monoisotopic (exact) mass is 222 g/mol. The van der Waals surface area contributed by atoms with Crippen molar-refractivity contribution in [2.75, 3.05) is 0 Å². The molecule has 0 aliphatic heterocycles. The summed E-state index contributed by atoms with van der Waals surface area (Å²) < 4.78 is 4.77. The molecule has 0 saturated carbocycles. The Balaban J connectivity index is 2.95. The van der Waals surface area contributed by atoms with Gasteiger partial charge >= 0.3 is 6.16 Å². The van der Waals surface area contributed by atoms with Crippen LogP contribution in [0.1, 0.15) is 37.8 Å². The van der Waals surface area contributed by atoms with Gasteiger partial charge in [-0.15, -0.1) is 0 Å². The van der Waals surface area contributed by atoms with Gasteiger partial charge in [0.25, 0.3) is 0 Å². The van der Waals surface area contributed by atoms with Crippen LogP contribution in [0.25, 0.3) is 0 Å². The quantitative estimate of drug-likeness (QED) is 0.611. The highest BCUT2D eigenvalue weighted by Gasteiger charge is 2.10. The highest BCUT2D eigenvalue weighted by Crippen LogP contribution is 2.24. The lowest BCUT2D eigenvalue weighted by Gasteiger charge is -2.11. The van der Waals surface area contributed by atoms with Crippen molar-refractivity contribution in [3.63, 3.8) is 0 Å². The second-order valence-electron chi connectivity index (χ2n) is 3.72. The van der Waals surface area contributed by atoms with Crippen molar-refractivity contribution in [3.8, 4) is 5.75 Å². The van der Waals surface area contributed by atoms with Crippen LogP contribution in [0.2, 0.25) is 0 Å². The molecule has 0 aliphatic carbocycles. The lowest BCUT2D eigenvalue weighted by atomic mass is 9.99. The van der Waals surface area contributed by atoms with E-state index in [1.54, 1.807) is 6.07 Å². The number of hydrogen-bond acceptors (Lipinski definition) is 2. The predicted molar refractivity (Wildman–Crippen MR) is 63.1 cm³/mol. The van der Waals surface area contributed by atoms with E-state index in [1.165, 1.54) is 5.56 Å². The maximum Gasteiger partial charge on any atom is 0.511 e. The zero-order chi connectivity index (χ0) is 12.0. The Morgan fingerprint density at radius 3 is 2.69 bits per heavy atom. The van der Waals surface area contributed by atoms with Gasteiger partial charge in [0.05, 0.1) is 0 Å². The van der Waals surface area contributed by atoms with Gasteiger partial charge in [0, 0.05) is 0 Å². The van der Waals surface area contributed by atoms with Crippen LogP contribution in [0.4, 0.5) is 4.79 Å². The van der Waals surface area contributed by atoms with Gasteiger partial charge in [-0.25, -0.2) is 4.79 Å². The summed E-state index contributed by atoms with van der Waals surface area (Å²) in [5.41, 5.74) is 2.21. The minimum absolute atomic E-state index is 0.476. The summed E-state index contributed by atoms with van der Waals surface area (Å²) in [4.78, 5) is 10.5. The highest BCUT2D eigenvalue weighted by atomic mass is 16.7. The molecule has 0 aliphatic rings. The number of benzene rings is 1. The fourth-order valence-electron chi connectivity index (χ4n) is 1.80. The number of hydrogen-bond donors (Lipinski definition) is 1. The molecule has 1 aromatic carbocycles.